The molecule has 3 rings (SSSR count). The summed E-state index contributed by atoms with van der Waals surface area (Å²) < 4.78 is 13.5. The van der Waals surface area contributed by atoms with Crippen molar-refractivity contribution in [3.63, 3.8) is 0 Å². The highest BCUT2D eigenvalue weighted by atomic mass is 19.1. The lowest BCUT2D eigenvalue weighted by Gasteiger charge is -2.40. The second kappa shape index (κ2) is 9.20. The van der Waals surface area contributed by atoms with Crippen LogP contribution in [0.1, 0.15) is 30.9 Å². The maximum Gasteiger partial charge on any atom is 0.320 e. The Hall–Kier alpha value is -2.40. The van der Waals surface area contributed by atoms with Crippen molar-refractivity contribution < 1.29 is 9.18 Å². The van der Waals surface area contributed by atoms with Crippen molar-refractivity contribution in [1.29, 1.82) is 0 Å². The zero-order valence-electron chi connectivity index (χ0n) is 16.7. The third-order valence-corrected chi connectivity index (χ3v) is 5.81. The number of allylic oxidation sites excluding steroid dienone is 1. The molecule has 1 fully saturated rings. The molecule has 1 saturated heterocycles. The Morgan fingerprint density at radius 1 is 1.25 bits per heavy atom. The number of benzene rings is 1. The molecule has 0 saturated carbocycles. The van der Waals surface area contributed by atoms with Crippen molar-refractivity contribution in [3.05, 3.63) is 72.1 Å². The molecular formula is C23H30FN3O. The lowest BCUT2D eigenvalue weighted by atomic mass is 9.88. The van der Waals surface area contributed by atoms with Crippen LogP contribution in [0.5, 0.6) is 0 Å². The summed E-state index contributed by atoms with van der Waals surface area (Å²) in [6.07, 6.45) is 6.58. The third kappa shape index (κ3) is 4.36. The molecule has 28 heavy (non-hydrogen) atoms. The Kier molecular flexibility index (Phi) is 6.68. The third-order valence-electron chi connectivity index (χ3n) is 5.81. The normalized spacial score (nSPS) is 20.8. The van der Waals surface area contributed by atoms with Crippen molar-refractivity contribution in [2.24, 2.45) is 5.92 Å². The van der Waals surface area contributed by atoms with Crippen molar-refractivity contribution in [2.75, 3.05) is 33.2 Å². The zero-order valence-corrected chi connectivity index (χ0v) is 16.7. The molecule has 0 aliphatic carbocycles. The molecule has 2 heterocycles. The molecule has 150 valence electrons. The maximum absolute atomic E-state index is 13.5. The van der Waals surface area contributed by atoms with Crippen LogP contribution in [-0.2, 0) is 0 Å². The van der Waals surface area contributed by atoms with E-state index in [4.69, 9.17) is 0 Å². The van der Waals surface area contributed by atoms with E-state index in [1.807, 2.05) is 22.9 Å². The fraction of sp³-hybridized carbons (Fsp3) is 0.435. The summed E-state index contributed by atoms with van der Waals surface area (Å²) in [6, 6.07) is 6.13. The van der Waals surface area contributed by atoms with Gasteiger partial charge in [-0.1, -0.05) is 37.4 Å². The smallest absolute Gasteiger partial charge is 0.320 e. The van der Waals surface area contributed by atoms with Crippen LogP contribution < -0.4 is 5.32 Å². The number of rotatable bonds is 5. The summed E-state index contributed by atoms with van der Waals surface area (Å²) >= 11 is 0. The minimum absolute atomic E-state index is 0.00956. The monoisotopic (exact) mass is 383 g/mol. The first-order chi connectivity index (χ1) is 13.5. The van der Waals surface area contributed by atoms with E-state index in [1.54, 1.807) is 18.2 Å². The van der Waals surface area contributed by atoms with Gasteiger partial charge in [-0.25, -0.2) is 9.18 Å². The molecule has 5 heteroatoms. The number of hydrogen-bond donors (Lipinski definition) is 1. The van der Waals surface area contributed by atoms with Crippen LogP contribution in [0.2, 0.25) is 0 Å². The van der Waals surface area contributed by atoms with Crippen LogP contribution in [0.15, 0.2) is 60.7 Å². The lowest BCUT2D eigenvalue weighted by molar-refractivity contribution is 0.137. The van der Waals surface area contributed by atoms with E-state index in [0.29, 0.717) is 12.5 Å². The average Bonchev–Trinajstić information content (AvgIpc) is 2.73. The molecule has 1 unspecified atom stereocenters. The van der Waals surface area contributed by atoms with E-state index in [-0.39, 0.29) is 17.9 Å². The summed E-state index contributed by atoms with van der Waals surface area (Å²) in [4.78, 5) is 17.1. The molecule has 0 bridgehead atoms. The van der Waals surface area contributed by atoms with Gasteiger partial charge in [0, 0.05) is 20.1 Å². The molecule has 1 aromatic carbocycles. The first-order valence-corrected chi connectivity index (χ1v) is 10.0. The number of hydrogen-bond acceptors (Lipinski definition) is 2. The number of amides is 2. The lowest BCUT2D eigenvalue weighted by Crippen LogP contribution is -2.48. The van der Waals surface area contributed by atoms with E-state index in [2.05, 4.69) is 18.5 Å². The fourth-order valence-electron chi connectivity index (χ4n) is 4.28. The maximum atomic E-state index is 13.5. The summed E-state index contributed by atoms with van der Waals surface area (Å²) in [5.74, 6) is 0.246. The second-order valence-electron chi connectivity index (χ2n) is 7.64. The molecule has 2 aliphatic heterocycles. The second-order valence-corrected chi connectivity index (χ2v) is 7.64. The minimum Gasteiger partial charge on any atom is -0.327 e. The number of urea groups is 1. The fourth-order valence-corrected chi connectivity index (χ4v) is 4.28. The SMILES string of the molecule is C=CC1=C(C=C)C(c2ccc(F)cc2)N(C(=O)N(C)CC2CCNCC2)CC1. The van der Waals surface area contributed by atoms with Gasteiger partial charge in [0.2, 0.25) is 0 Å². The van der Waals surface area contributed by atoms with Gasteiger partial charge in [0.05, 0.1) is 6.04 Å². The van der Waals surface area contributed by atoms with Gasteiger partial charge in [0.25, 0.3) is 0 Å². The van der Waals surface area contributed by atoms with Crippen molar-refractivity contribution in [2.45, 2.75) is 25.3 Å². The summed E-state index contributed by atoms with van der Waals surface area (Å²) in [6.45, 7) is 11.3. The van der Waals surface area contributed by atoms with Gasteiger partial charge in [0.15, 0.2) is 0 Å². The number of carbonyl (C=O) groups is 1. The molecule has 1 aromatic rings. The largest absolute Gasteiger partial charge is 0.327 e. The van der Waals surface area contributed by atoms with Crippen LogP contribution >= 0.6 is 0 Å². The number of nitrogens with zero attached hydrogens (tertiary/aromatic N) is 2. The van der Waals surface area contributed by atoms with E-state index in [1.165, 1.54) is 12.1 Å². The standard InChI is InChI=1S/C23H30FN3O/c1-4-18-12-15-27(23(28)26(3)16-17-10-13-25-14-11-17)22(21(18)5-2)19-6-8-20(24)9-7-19/h4-9,17,22,25H,1-2,10-16H2,3H3. The van der Waals surface area contributed by atoms with E-state index in [9.17, 15) is 9.18 Å². The quantitative estimate of drug-likeness (QED) is 0.823. The molecule has 4 nitrogen and oxygen atoms in total. The van der Waals surface area contributed by atoms with Gasteiger partial charge in [-0.2, -0.15) is 0 Å². The summed E-state index contributed by atoms with van der Waals surface area (Å²) in [7, 11) is 1.88. The summed E-state index contributed by atoms with van der Waals surface area (Å²) in [5, 5.41) is 3.37. The molecule has 0 radical (unpaired) electrons. The highest BCUT2D eigenvalue weighted by molar-refractivity contribution is 5.76. The van der Waals surface area contributed by atoms with Crippen LogP contribution in [0.3, 0.4) is 0 Å². The first-order valence-electron chi connectivity index (χ1n) is 10.0. The molecule has 2 aliphatic rings. The number of piperidine rings is 1. The van der Waals surface area contributed by atoms with Gasteiger partial charge in [-0.05, 0) is 67.1 Å². The Balaban J connectivity index is 1.87. The average molecular weight is 384 g/mol. The minimum atomic E-state index is -0.284. The molecule has 2 amide bonds. The summed E-state index contributed by atoms with van der Waals surface area (Å²) in [5.41, 5.74) is 2.95. The van der Waals surface area contributed by atoms with Crippen LogP contribution in [0.25, 0.3) is 0 Å². The van der Waals surface area contributed by atoms with Gasteiger partial charge >= 0.3 is 6.03 Å². The van der Waals surface area contributed by atoms with Gasteiger partial charge in [-0.15, -0.1) is 0 Å². The van der Waals surface area contributed by atoms with Gasteiger partial charge in [-0.3, -0.25) is 0 Å². The predicted octanol–water partition coefficient (Wildman–Crippen LogP) is 4.29. The van der Waals surface area contributed by atoms with Crippen LogP contribution in [-0.4, -0.2) is 49.1 Å². The zero-order chi connectivity index (χ0) is 20.1. The number of nitrogens with one attached hydrogen (secondary N) is 1. The Morgan fingerprint density at radius 3 is 2.54 bits per heavy atom. The Bertz CT molecular complexity index is 750. The van der Waals surface area contributed by atoms with Crippen molar-refractivity contribution >= 4 is 6.03 Å². The van der Waals surface area contributed by atoms with Crippen molar-refractivity contribution in [1.82, 2.24) is 15.1 Å². The number of halogens is 1. The van der Waals surface area contributed by atoms with Gasteiger partial charge in [0.1, 0.15) is 5.82 Å². The first kappa shape index (κ1) is 20.3. The Labute approximate surface area is 167 Å². The highest BCUT2D eigenvalue weighted by Gasteiger charge is 2.34. The molecule has 0 spiro atoms. The Morgan fingerprint density at radius 2 is 1.93 bits per heavy atom. The molecular weight excluding hydrogens is 353 g/mol. The van der Waals surface area contributed by atoms with Gasteiger partial charge < -0.3 is 15.1 Å². The molecule has 1 atom stereocenters. The molecule has 1 N–H and O–H groups in total. The number of carbonyl (C=O) groups excluding carboxylic acids is 1. The van der Waals surface area contributed by atoms with E-state index >= 15 is 0 Å². The topological polar surface area (TPSA) is 35.6 Å². The molecule has 0 aromatic heterocycles. The van der Waals surface area contributed by atoms with Crippen LogP contribution in [0.4, 0.5) is 9.18 Å². The van der Waals surface area contributed by atoms with Crippen molar-refractivity contribution in [3.8, 4) is 0 Å². The van der Waals surface area contributed by atoms with Crippen LogP contribution in [0, 0.1) is 11.7 Å². The van der Waals surface area contributed by atoms with E-state index in [0.717, 1.165) is 55.6 Å². The predicted molar refractivity (Wildman–Crippen MR) is 112 cm³/mol. The van der Waals surface area contributed by atoms with E-state index < -0.39 is 0 Å². The highest BCUT2D eigenvalue weighted by Crippen LogP contribution is 2.37.